The van der Waals surface area contributed by atoms with Gasteiger partial charge in [0.2, 0.25) is 0 Å². The Balaban J connectivity index is 2.03. The molecule has 0 N–H and O–H groups in total. The lowest BCUT2D eigenvalue weighted by Gasteiger charge is -2.18. The molecule has 20 heavy (non-hydrogen) atoms. The fourth-order valence-electron chi connectivity index (χ4n) is 2.12. The minimum atomic E-state index is -0.441. The van der Waals surface area contributed by atoms with E-state index in [1.54, 1.807) is 12.1 Å². The molecule has 7 heteroatoms. The monoisotopic (exact) mass is 288 g/mol. The van der Waals surface area contributed by atoms with Crippen molar-refractivity contribution in [2.45, 2.75) is 16.2 Å². The first-order valence-electron chi connectivity index (χ1n) is 5.77. The van der Waals surface area contributed by atoms with Crippen LogP contribution >= 0.6 is 11.8 Å². The lowest BCUT2D eigenvalue weighted by atomic mass is 10.0. The molecule has 100 valence electrons. The molecule has 0 spiro atoms. The maximum atomic E-state index is 10.8. The van der Waals surface area contributed by atoms with Gasteiger partial charge in [-0.05, 0) is 17.5 Å². The highest BCUT2D eigenvalue weighted by Gasteiger charge is 2.21. The van der Waals surface area contributed by atoms with Gasteiger partial charge in [-0.25, -0.2) is 0 Å². The van der Waals surface area contributed by atoms with Crippen molar-refractivity contribution in [2.75, 3.05) is 0 Å². The van der Waals surface area contributed by atoms with E-state index in [1.807, 2.05) is 0 Å². The van der Waals surface area contributed by atoms with E-state index in [4.69, 9.17) is 0 Å². The molecular weight excluding hydrogens is 280 g/mol. The Morgan fingerprint density at radius 2 is 1.30 bits per heavy atom. The molecule has 0 aliphatic carbocycles. The Hall–Kier alpha value is -2.41. The summed E-state index contributed by atoms with van der Waals surface area (Å²) in [6, 6.07) is 9.48. The number of hydrogen-bond acceptors (Lipinski definition) is 5. The van der Waals surface area contributed by atoms with Gasteiger partial charge in [-0.2, -0.15) is 0 Å². The molecule has 2 aromatic carbocycles. The van der Waals surface area contributed by atoms with Crippen molar-refractivity contribution in [1.29, 1.82) is 0 Å². The summed E-state index contributed by atoms with van der Waals surface area (Å²) < 4.78 is 0. The van der Waals surface area contributed by atoms with E-state index in [9.17, 15) is 20.2 Å². The van der Waals surface area contributed by atoms with Crippen LogP contribution in [0.2, 0.25) is 0 Å². The summed E-state index contributed by atoms with van der Waals surface area (Å²) in [5.74, 6) is 0. The second-order valence-corrected chi connectivity index (χ2v) is 5.46. The zero-order valence-corrected chi connectivity index (χ0v) is 10.9. The highest BCUT2D eigenvalue weighted by Crippen LogP contribution is 2.42. The molecule has 1 aliphatic rings. The highest BCUT2D eigenvalue weighted by atomic mass is 32.2. The third kappa shape index (κ3) is 2.12. The molecule has 0 amide bonds. The van der Waals surface area contributed by atoms with Gasteiger partial charge >= 0.3 is 0 Å². The van der Waals surface area contributed by atoms with E-state index in [0.717, 1.165) is 20.9 Å². The molecule has 2 aromatic rings. The fourth-order valence-corrected chi connectivity index (χ4v) is 3.26. The summed E-state index contributed by atoms with van der Waals surface area (Å²) in [5, 5.41) is 21.6. The second kappa shape index (κ2) is 4.61. The Morgan fingerprint density at radius 1 is 0.850 bits per heavy atom. The lowest BCUT2D eigenvalue weighted by Crippen LogP contribution is -2.01. The van der Waals surface area contributed by atoms with Gasteiger partial charge in [-0.15, -0.1) is 0 Å². The summed E-state index contributed by atoms with van der Waals surface area (Å²) in [6.07, 6.45) is 0.633. The lowest BCUT2D eigenvalue weighted by molar-refractivity contribution is -0.385. The van der Waals surface area contributed by atoms with E-state index < -0.39 is 9.85 Å². The third-order valence-corrected chi connectivity index (χ3v) is 4.32. The largest absolute Gasteiger partial charge is 0.270 e. The average molecular weight is 288 g/mol. The molecule has 6 nitrogen and oxygen atoms in total. The number of benzene rings is 2. The zero-order chi connectivity index (χ0) is 14.3. The van der Waals surface area contributed by atoms with Crippen molar-refractivity contribution in [3.05, 3.63) is 67.8 Å². The van der Waals surface area contributed by atoms with E-state index in [-0.39, 0.29) is 11.4 Å². The van der Waals surface area contributed by atoms with Crippen LogP contribution in [0.4, 0.5) is 11.4 Å². The molecule has 0 bridgehead atoms. The van der Waals surface area contributed by atoms with Gasteiger partial charge in [0.15, 0.2) is 0 Å². The number of non-ortho nitro benzene ring substituents is 2. The van der Waals surface area contributed by atoms with Gasteiger partial charge in [0.1, 0.15) is 0 Å². The highest BCUT2D eigenvalue weighted by molar-refractivity contribution is 7.99. The van der Waals surface area contributed by atoms with Crippen molar-refractivity contribution in [3.63, 3.8) is 0 Å². The Morgan fingerprint density at radius 3 is 1.70 bits per heavy atom. The topological polar surface area (TPSA) is 86.3 Å². The van der Waals surface area contributed by atoms with Gasteiger partial charge < -0.3 is 0 Å². The van der Waals surface area contributed by atoms with Crippen LogP contribution in [0.5, 0.6) is 0 Å². The van der Waals surface area contributed by atoms with Gasteiger partial charge in [0.05, 0.1) is 9.85 Å². The molecule has 0 fully saturated rings. The quantitative estimate of drug-likeness (QED) is 0.531. The predicted molar refractivity (Wildman–Crippen MR) is 73.1 cm³/mol. The molecule has 0 radical (unpaired) electrons. The first kappa shape index (κ1) is 12.6. The number of nitro groups is 2. The Kier molecular flexibility index (Phi) is 2.90. The molecule has 0 atom stereocenters. The average Bonchev–Trinajstić information content (AvgIpc) is 2.43. The summed E-state index contributed by atoms with van der Waals surface area (Å²) in [5.41, 5.74) is 2.07. The maximum Gasteiger partial charge on any atom is 0.270 e. The molecule has 1 aliphatic heterocycles. The summed E-state index contributed by atoms with van der Waals surface area (Å²) in [7, 11) is 0. The van der Waals surface area contributed by atoms with Crippen molar-refractivity contribution in [1.82, 2.24) is 0 Å². The van der Waals surface area contributed by atoms with Crippen molar-refractivity contribution < 1.29 is 9.85 Å². The van der Waals surface area contributed by atoms with Gasteiger partial charge in [-0.1, -0.05) is 23.9 Å². The number of hydrogen-bond donors (Lipinski definition) is 0. The minimum absolute atomic E-state index is 0.0325. The normalized spacial score (nSPS) is 12.4. The molecular formula is C13H8N2O4S. The van der Waals surface area contributed by atoms with Crippen LogP contribution in [-0.4, -0.2) is 9.85 Å². The maximum absolute atomic E-state index is 10.8. The Bertz CT molecular complexity index is 684. The van der Waals surface area contributed by atoms with Gasteiger partial charge in [0.25, 0.3) is 11.4 Å². The molecule has 3 rings (SSSR count). The molecule has 0 aromatic heterocycles. The van der Waals surface area contributed by atoms with Crippen LogP contribution in [0.1, 0.15) is 11.1 Å². The molecule has 0 saturated carbocycles. The van der Waals surface area contributed by atoms with Crippen LogP contribution in [0.25, 0.3) is 0 Å². The van der Waals surface area contributed by atoms with Gasteiger partial charge in [-0.3, -0.25) is 20.2 Å². The van der Waals surface area contributed by atoms with Crippen molar-refractivity contribution in [2.24, 2.45) is 0 Å². The van der Waals surface area contributed by atoms with E-state index in [2.05, 4.69) is 0 Å². The van der Waals surface area contributed by atoms with E-state index in [1.165, 1.54) is 36.0 Å². The minimum Gasteiger partial charge on any atom is -0.258 e. The number of nitro benzene ring substituents is 2. The number of nitrogens with zero attached hydrogens (tertiary/aromatic N) is 2. The number of fused-ring (bicyclic) bond motifs is 2. The standard InChI is InChI=1S/C13H8N2O4S/c16-14(17)10-3-1-8-5-9-2-4-11(15(18)19)7-13(9)20-12(8)6-10/h1-4,6-7H,5H2. The fraction of sp³-hybridized carbons (Fsp3) is 0.0769. The smallest absolute Gasteiger partial charge is 0.258 e. The van der Waals surface area contributed by atoms with Gasteiger partial charge in [0, 0.05) is 34.1 Å². The molecule has 1 heterocycles. The molecule has 0 saturated heterocycles. The van der Waals surface area contributed by atoms with Crippen LogP contribution < -0.4 is 0 Å². The summed E-state index contributed by atoms with van der Waals surface area (Å²) >= 11 is 1.34. The third-order valence-electron chi connectivity index (χ3n) is 3.12. The SMILES string of the molecule is O=[N+]([O-])c1ccc2c(c1)Sc1cc([N+](=O)[O-])ccc1C2. The van der Waals surface area contributed by atoms with Crippen molar-refractivity contribution in [3.8, 4) is 0 Å². The van der Waals surface area contributed by atoms with Crippen LogP contribution in [0, 0.1) is 20.2 Å². The number of rotatable bonds is 2. The summed E-state index contributed by atoms with van der Waals surface area (Å²) in [6.45, 7) is 0. The first-order chi connectivity index (χ1) is 9.54. The first-order valence-corrected chi connectivity index (χ1v) is 6.59. The van der Waals surface area contributed by atoms with Crippen LogP contribution in [0.15, 0.2) is 46.2 Å². The van der Waals surface area contributed by atoms with Crippen LogP contribution in [0.3, 0.4) is 0 Å². The van der Waals surface area contributed by atoms with E-state index >= 15 is 0 Å². The summed E-state index contributed by atoms with van der Waals surface area (Å²) in [4.78, 5) is 22.3. The predicted octanol–water partition coefficient (Wildman–Crippen LogP) is 3.56. The molecule has 0 unspecified atom stereocenters. The second-order valence-electron chi connectivity index (χ2n) is 4.38. The Labute approximate surface area is 117 Å². The van der Waals surface area contributed by atoms with Crippen molar-refractivity contribution >= 4 is 23.1 Å². The zero-order valence-electron chi connectivity index (χ0n) is 10.1. The van der Waals surface area contributed by atoms with Crippen LogP contribution in [-0.2, 0) is 6.42 Å². The van der Waals surface area contributed by atoms with E-state index in [0.29, 0.717) is 6.42 Å².